The van der Waals surface area contributed by atoms with Crippen molar-refractivity contribution in [3.05, 3.63) is 22.7 Å². The molecule has 0 aliphatic carbocycles. The molecule has 0 unspecified atom stereocenters. The van der Waals surface area contributed by atoms with Crippen LogP contribution in [0.2, 0.25) is 5.02 Å². The van der Waals surface area contributed by atoms with Crippen LogP contribution in [0.25, 0.3) is 0 Å². The maximum absolute atomic E-state index is 12.0. The molecule has 1 aromatic rings. The number of alkyl halides is 3. The van der Waals surface area contributed by atoms with Gasteiger partial charge in [-0.25, -0.2) is 0 Å². The summed E-state index contributed by atoms with van der Waals surface area (Å²) < 4.78 is 46.6. The molecule has 1 aliphatic rings. The number of hydrogen-bond donors (Lipinski definition) is 1. The highest BCUT2D eigenvalue weighted by Gasteiger charge is 2.26. The zero-order valence-electron chi connectivity index (χ0n) is 9.31. The van der Waals surface area contributed by atoms with E-state index in [1.807, 2.05) is 0 Å². The van der Waals surface area contributed by atoms with Crippen LogP contribution in [0.3, 0.4) is 0 Å². The molecule has 0 atom stereocenters. The van der Waals surface area contributed by atoms with Crippen molar-refractivity contribution in [1.29, 1.82) is 0 Å². The SMILES string of the molecule is FC(F)(F)CNCc1cc(Cl)c2c(c1)OCCO2. The number of fused-ring (bicyclic) bond motifs is 1. The summed E-state index contributed by atoms with van der Waals surface area (Å²) in [7, 11) is 0. The van der Waals surface area contributed by atoms with E-state index in [9.17, 15) is 13.2 Å². The second-order valence-electron chi connectivity index (χ2n) is 3.82. The van der Waals surface area contributed by atoms with E-state index in [1.54, 1.807) is 12.1 Å². The average molecular weight is 282 g/mol. The number of benzene rings is 1. The largest absolute Gasteiger partial charge is 0.486 e. The summed E-state index contributed by atoms with van der Waals surface area (Å²) in [5.74, 6) is 0.917. The average Bonchev–Trinajstić information content (AvgIpc) is 2.27. The lowest BCUT2D eigenvalue weighted by atomic mass is 10.2. The highest BCUT2D eigenvalue weighted by Crippen LogP contribution is 2.38. The van der Waals surface area contributed by atoms with Gasteiger partial charge < -0.3 is 14.8 Å². The standard InChI is InChI=1S/C11H11ClF3NO2/c12-8-3-7(5-16-6-11(13,14)15)4-9-10(8)18-2-1-17-9/h3-4,16H,1-2,5-6H2. The van der Waals surface area contributed by atoms with Gasteiger partial charge in [-0.05, 0) is 17.7 Å². The highest BCUT2D eigenvalue weighted by molar-refractivity contribution is 6.32. The molecule has 0 aromatic heterocycles. The Morgan fingerprint density at radius 1 is 1.22 bits per heavy atom. The molecule has 100 valence electrons. The Hall–Kier alpha value is -1.14. The minimum absolute atomic E-state index is 0.0653. The third kappa shape index (κ3) is 3.43. The van der Waals surface area contributed by atoms with Gasteiger partial charge in [-0.2, -0.15) is 13.2 Å². The van der Waals surface area contributed by atoms with Crippen molar-refractivity contribution in [2.24, 2.45) is 0 Å². The number of ether oxygens (including phenoxy) is 2. The number of nitrogens with one attached hydrogen (secondary N) is 1. The Kier molecular flexibility index (Phi) is 3.87. The zero-order chi connectivity index (χ0) is 13.2. The number of rotatable bonds is 3. The summed E-state index contributed by atoms with van der Waals surface area (Å²) in [6, 6.07) is 3.20. The van der Waals surface area contributed by atoms with Gasteiger partial charge in [0.25, 0.3) is 0 Å². The lowest BCUT2D eigenvalue weighted by molar-refractivity contribution is -0.125. The molecule has 18 heavy (non-hydrogen) atoms. The minimum atomic E-state index is -4.22. The Balaban J connectivity index is 2.03. The Morgan fingerprint density at radius 2 is 1.94 bits per heavy atom. The fraction of sp³-hybridized carbons (Fsp3) is 0.455. The van der Waals surface area contributed by atoms with Gasteiger partial charge in [-0.3, -0.25) is 0 Å². The summed E-state index contributed by atoms with van der Waals surface area (Å²) in [5, 5.41) is 2.64. The fourth-order valence-corrected chi connectivity index (χ4v) is 1.90. The van der Waals surface area contributed by atoms with Crippen LogP contribution in [0.15, 0.2) is 12.1 Å². The van der Waals surface area contributed by atoms with Gasteiger partial charge in [0.15, 0.2) is 11.5 Å². The van der Waals surface area contributed by atoms with Gasteiger partial charge in [0, 0.05) is 6.54 Å². The molecule has 1 aliphatic heterocycles. The monoisotopic (exact) mass is 281 g/mol. The lowest BCUT2D eigenvalue weighted by Crippen LogP contribution is -2.28. The van der Waals surface area contributed by atoms with Gasteiger partial charge in [0.2, 0.25) is 0 Å². The second-order valence-corrected chi connectivity index (χ2v) is 4.23. The van der Waals surface area contributed by atoms with Crippen LogP contribution in [0.4, 0.5) is 13.2 Å². The predicted molar refractivity (Wildman–Crippen MR) is 60.2 cm³/mol. The van der Waals surface area contributed by atoms with Crippen LogP contribution >= 0.6 is 11.6 Å². The topological polar surface area (TPSA) is 30.5 Å². The van der Waals surface area contributed by atoms with Crippen LogP contribution in [0.1, 0.15) is 5.56 Å². The van der Waals surface area contributed by atoms with E-state index < -0.39 is 12.7 Å². The first-order valence-corrected chi connectivity index (χ1v) is 5.69. The van der Waals surface area contributed by atoms with Crippen LogP contribution in [-0.2, 0) is 6.54 Å². The Morgan fingerprint density at radius 3 is 2.67 bits per heavy atom. The summed E-state index contributed by atoms with van der Waals surface area (Å²) in [6.45, 7) is -0.157. The van der Waals surface area contributed by atoms with E-state index in [0.29, 0.717) is 35.3 Å². The number of halogens is 4. The molecule has 3 nitrogen and oxygen atoms in total. The molecule has 0 radical (unpaired) electrons. The van der Waals surface area contributed by atoms with Crippen LogP contribution in [0, 0.1) is 0 Å². The van der Waals surface area contributed by atoms with Gasteiger partial charge in [-0.1, -0.05) is 11.6 Å². The third-order valence-corrected chi connectivity index (χ3v) is 2.59. The van der Waals surface area contributed by atoms with Crippen molar-refractivity contribution in [3.63, 3.8) is 0 Å². The van der Waals surface area contributed by atoms with E-state index in [0.717, 1.165) is 0 Å². The van der Waals surface area contributed by atoms with Crippen molar-refractivity contribution in [1.82, 2.24) is 5.32 Å². The first kappa shape index (κ1) is 13.3. The smallest absolute Gasteiger partial charge is 0.401 e. The molecule has 0 fully saturated rings. The number of hydrogen-bond acceptors (Lipinski definition) is 3. The Bertz CT molecular complexity index is 437. The van der Waals surface area contributed by atoms with Crippen LogP contribution in [-0.4, -0.2) is 25.9 Å². The van der Waals surface area contributed by atoms with Crippen LogP contribution < -0.4 is 14.8 Å². The van der Waals surface area contributed by atoms with E-state index in [4.69, 9.17) is 21.1 Å². The molecule has 0 amide bonds. The predicted octanol–water partition coefficient (Wildman–Crippen LogP) is 2.76. The molecule has 1 N–H and O–H groups in total. The van der Waals surface area contributed by atoms with E-state index >= 15 is 0 Å². The summed E-state index contributed by atoms with van der Waals surface area (Å²) in [5.41, 5.74) is 0.619. The van der Waals surface area contributed by atoms with Crippen molar-refractivity contribution in [2.75, 3.05) is 19.8 Å². The van der Waals surface area contributed by atoms with E-state index in [1.165, 1.54) is 0 Å². The van der Waals surface area contributed by atoms with Crippen molar-refractivity contribution >= 4 is 11.6 Å². The normalized spacial score (nSPS) is 14.7. The fourth-order valence-electron chi connectivity index (χ4n) is 1.61. The van der Waals surface area contributed by atoms with Gasteiger partial charge in [-0.15, -0.1) is 0 Å². The van der Waals surface area contributed by atoms with Crippen molar-refractivity contribution < 1.29 is 22.6 Å². The summed E-state index contributed by atoms with van der Waals surface area (Å²) >= 11 is 5.96. The molecular weight excluding hydrogens is 271 g/mol. The summed E-state index contributed by atoms with van der Waals surface area (Å²) in [6.07, 6.45) is -4.22. The molecular formula is C11H11ClF3NO2. The maximum Gasteiger partial charge on any atom is 0.401 e. The zero-order valence-corrected chi connectivity index (χ0v) is 10.1. The molecule has 1 heterocycles. The molecule has 0 bridgehead atoms. The summed E-state index contributed by atoms with van der Waals surface area (Å²) in [4.78, 5) is 0. The Labute approximate surface area is 107 Å². The van der Waals surface area contributed by atoms with Gasteiger partial charge in [0.1, 0.15) is 13.2 Å². The van der Waals surface area contributed by atoms with E-state index in [2.05, 4.69) is 5.32 Å². The molecule has 1 aromatic carbocycles. The molecule has 2 rings (SSSR count). The van der Waals surface area contributed by atoms with Gasteiger partial charge in [0.05, 0.1) is 11.6 Å². The third-order valence-electron chi connectivity index (χ3n) is 2.31. The first-order valence-electron chi connectivity index (χ1n) is 5.31. The van der Waals surface area contributed by atoms with Crippen LogP contribution in [0.5, 0.6) is 11.5 Å². The molecule has 0 spiro atoms. The molecule has 0 saturated carbocycles. The quantitative estimate of drug-likeness (QED) is 0.924. The lowest BCUT2D eigenvalue weighted by Gasteiger charge is -2.20. The first-order chi connectivity index (χ1) is 8.46. The van der Waals surface area contributed by atoms with Crippen molar-refractivity contribution in [3.8, 4) is 11.5 Å². The van der Waals surface area contributed by atoms with Crippen molar-refractivity contribution in [2.45, 2.75) is 12.7 Å². The van der Waals surface area contributed by atoms with Gasteiger partial charge >= 0.3 is 6.18 Å². The minimum Gasteiger partial charge on any atom is -0.486 e. The highest BCUT2D eigenvalue weighted by atomic mass is 35.5. The molecule has 0 saturated heterocycles. The maximum atomic E-state index is 12.0. The van der Waals surface area contributed by atoms with E-state index in [-0.39, 0.29) is 6.54 Å². The molecule has 7 heteroatoms. The second kappa shape index (κ2) is 5.24.